The van der Waals surface area contributed by atoms with E-state index in [2.05, 4.69) is 16.0 Å². The summed E-state index contributed by atoms with van der Waals surface area (Å²) in [6, 6.07) is -2.55. The van der Waals surface area contributed by atoms with E-state index in [9.17, 15) is 62.8 Å². The second-order valence-electron chi connectivity index (χ2n) is 22.9. The molecule has 0 spiro atoms. The minimum Gasteiger partial charge on any atom is -0.510 e. The lowest BCUT2D eigenvalue weighted by molar-refractivity contribution is -0.367. The molecule has 0 bridgehead atoms. The highest BCUT2D eigenvalue weighted by molar-refractivity contribution is 7.32. The predicted molar refractivity (Wildman–Crippen MR) is 285 cm³/mol. The summed E-state index contributed by atoms with van der Waals surface area (Å²) in [5.41, 5.74) is 8.11. The van der Waals surface area contributed by atoms with E-state index in [-0.39, 0.29) is 30.9 Å². The zero-order valence-corrected chi connectivity index (χ0v) is 50.8. The molecule has 1 aliphatic carbocycles. The van der Waals surface area contributed by atoms with Crippen LogP contribution in [0.15, 0.2) is 11.5 Å². The van der Waals surface area contributed by atoms with Gasteiger partial charge in [0, 0.05) is 75.7 Å². The van der Waals surface area contributed by atoms with Crippen LogP contribution in [0.2, 0.25) is 0 Å². The van der Waals surface area contributed by atoms with Crippen molar-refractivity contribution >= 4 is 61.7 Å². The van der Waals surface area contributed by atoms with E-state index in [1.165, 1.54) is 27.7 Å². The van der Waals surface area contributed by atoms with Gasteiger partial charge in [-0.15, -0.1) is 4.89 Å². The van der Waals surface area contributed by atoms with Crippen LogP contribution in [-0.4, -0.2) is 198 Å². The summed E-state index contributed by atoms with van der Waals surface area (Å²) in [5, 5.41) is 30.2. The summed E-state index contributed by atoms with van der Waals surface area (Å²) in [6.07, 6.45) is -25.4. The van der Waals surface area contributed by atoms with E-state index in [1.807, 2.05) is 0 Å². The average molecular weight is 1250 g/mol. The van der Waals surface area contributed by atoms with E-state index in [0.29, 0.717) is 0 Å². The topological polar surface area (TPSA) is 449 Å². The number of Topliss-reactive ketones (excluding diaryl/α,β-unsaturated/α-hetero) is 1. The molecule has 6 aliphatic rings. The maximum atomic E-state index is 13.9. The number of carbonyl (C=O) groups is 9. The van der Waals surface area contributed by atoms with Gasteiger partial charge < -0.3 is 99.2 Å². The monoisotopic (exact) mass is 1250 g/mol. The van der Waals surface area contributed by atoms with Gasteiger partial charge >= 0.3 is 32.3 Å². The van der Waals surface area contributed by atoms with Crippen molar-refractivity contribution < 1.29 is 129 Å². The van der Waals surface area contributed by atoms with Crippen molar-refractivity contribution in [2.24, 2.45) is 47.0 Å². The zero-order valence-electron chi connectivity index (χ0n) is 49.9. The largest absolute Gasteiger partial charge is 0.697 e. The molecule has 26 atom stereocenters. The van der Waals surface area contributed by atoms with E-state index < -0.39 is 220 Å². The lowest BCUT2D eigenvalue weighted by Crippen LogP contribution is -2.71. The second-order valence-corrected chi connectivity index (χ2v) is 23.5. The standard InChI is InChI=1S/C53H80N5O27P/c1-18-19(2)40(75-28(11)62)49(77-32(18)16-72-27(10)61)73-17-33-38(23(6)35(57-26(9)60)48(78-33)82-42-43(84-52(55)68)53(13,69)44(45(54)66)83-51(42)85-86(70)71)80-47-34(56-25(8)59)22(5)37(24(7)74-47)79-50-41(76-29(12)63)21(4)20(3)39(81-50)46(67)58-36-30(64)14-15-31(36)65/h18-24,32-35,37-44,47-51,69H,14-17H2,1-13H3,(H8-,54,55,56,57,58,59,60,64,65,66,67,68,70,71)/p+1/t18-,19-,20+,21-,22+,23+,24?,32?,33?,34?,35?,37-,38-,39?,40?,41?,42?,43+,44?,47-,48-,49+,50+,51+,53-/m0/s1. The third-order valence-electron chi connectivity index (χ3n) is 16.5. The molecule has 5 saturated heterocycles. The Morgan fingerprint density at radius 1 is 0.616 bits per heavy atom. The molecule has 5 fully saturated rings. The molecular formula is C53H81N5O27P+. The molecule has 10 N–H and O–H groups in total. The van der Waals surface area contributed by atoms with Crippen molar-refractivity contribution in [3.05, 3.63) is 11.5 Å². The Hall–Kier alpha value is -5.61. The van der Waals surface area contributed by atoms with Crippen LogP contribution in [-0.2, 0) is 109 Å². The zero-order chi connectivity index (χ0) is 64.1. The van der Waals surface area contributed by atoms with E-state index in [4.69, 9.17) is 77.6 Å². The molecule has 86 heavy (non-hydrogen) atoms. The normalized spacial score (nSPS) is 40.1. The summed E-state index contributed by atoms with van der Waals surface area (Å²) >= 11 is 0. The number of rotatable bonds is 21. The molecule has 6 rings (SSSR count). The first-order valence-corrected chi connectivity index (χ1v) is 29.2. The highest BCUT2D eigenvalue weighted by Crippen LogP contribution is 2.43. The van der Waals surface area contributed by atoms with Gasteiger partial charge in [-0.1, -0.05) is 46.1 Å². The first-order chi connectivity index (χ1) is 40.1. The fourth-order valence-electron chi connectivity index (χ4n) is 11.7. The molecule has 0 saturated carbocycles. The maximum absolute atomic E-state index is 13.9. The number of hydrogen-bond donors (Lipinski definition) is 8. The third kappa shape index (κ3) is 16.4. The molecule has 0 aromatic carbocycles. The van der Waals surface area contributed by atoms with Crippen molar-refractivity contribution in [1.29, 1.82) is 0 Å². The van der Waals surface area contributed by atoms with Crippen LogP contribution in [0.5, 0.6) is 0 Å². The van der Waals surface area contributed by atoms with Crippen LogP contribution in [0, 0.1) is 35.5 Å². The molecule has 5 heterocycles. The number of ketones is 1. The molecule has 0 aromatic rings. The first kappa shape index (κ1) is 69.5. The molecular weight excluding hydrogens is 1170 g/mol. The van der Waals surface area contributed by atoms with Crippen LogP contribution >= 0.6 is 8.25 Å². The van der Waals surface area contributed by atoms with Gasteiger partial charge in [-0.25, -0.2) is 4.79 Å². The molecule has 0 radical (unpaired) electrons. The number of esters is 3. The van der Waals surface area contributed by atoms with Gasteiger partial charge in [-0.3, -0.25) is 38.4 Å². The van der Waals surface area contributed by atoms with Crippen molar-refractivity contribution in [3.8, 4) is 0 Å². The highest BCUT2D eigenvalue weighted by Gasteiger charge is 2.62. The van der Waals surface area contributed by atoms with Crippen LogP contribution in [0.3, 0.4) is 0 Å². The molecule has 5 amide bonds. The van der Waals surface area contributed by atoms with E-state index >= 15 is 0 Å². The molecule has 5 aliphatic heterocycles. The van der Waals surface area contributed by atoms with E-state index in [0.717, 1.165) is 13.8 Å². The Kier molecular flexibility index (Phi) is 23.5. The number of aliphatic hydroxyl groups is 2. The number of primary amides is 2. The van der Waals surface area contributed by atoms with Crippen molar-refractivity contribution in [2.75, 3.05) is 13.2 Å². The number of ether oxygens (including phenoxy) is 13. The number of amides is 5. The van der Waals surface area contributed by atoms with Crippen LogP contribution in [0.25, 0.3) is 0 Å². The maximum Gasteiger partial charge on any atom is 0.697 e. The second kappa shape index (κ2) is 29.1. The predicted octanol–water partition coefficient (Wildman–Crippen LogP) is -0.329. The van der Waals surface area contributed by atoms with Gasteiger partial charge in [0.2, 0.25) is 24.0 Å². The minimum atomic E-state index is -3.63. The summed E-state index contributed by atoms with van der Waals surface area (Å²) in [4.78, 5) is 125. The molecule has 484 valence electrons. The molecule has 11 unspecified atom stereocenters. The van der Waals surface area contributed by atoms with Crippen LogP contribution < -0.4 is 27.4 Å². The first-order valence-electron chi connectivity index (χ1n) is 28.1. The lowest BCUT2D eigenvalue weighted by atomic mass is 9.82. The smallest absolute Gasteiger partial charge is 0.510 e. The fourth-order valence-corrected chi connectivity index (χ4v) is 12.1. The van der Waals surface area contributed by atoms with Gasteiger partial charge in [-0.2, -0.15) is 0 Å². The lowest BCUT2D eigenvalue weighted by Gasteiger charge is -2.52. The van der Waals surface area contributed by atoms with Gasteiger partial charge in [0.25, 0.3) is 5.91 Å². The van der Waals surface area contributed by atoms with Crippen molar-refractivity contribution in [2.45, 2.75) is 219 Å². The number of allylic oxidation sites excluding steroid dienone is 2. The van der Waals surface area contributed by atoms with Gasteiger partial charge in [0.15, 0.2) is 61.5 Å². The Morgan fingerprint density at radius 2 is 1.15 bits per heavy atom. The highest BCUT2D eigenvalue weighted by atomic mass is 31.1. The summed E-state index contributed by atoms with van der Waals surface area (Å²) in [7, 11) is -3.63. The Labute approximate surface area is 496 Å². The number of nitrogens with two attached hydrogens (primary N) is 2. The Bertz CT molecular complexity index is 2570. The third-order valence-corrected chi connectivity index (χ3v) is 16.9. The number of aliphatic hydroxyl groups excluding tert-OH is 1. The van der Waals surface area contributed by atoms with Crippen LogP contribution in [0.1, 0.15) is 103 Å². The molecule has 0 aromatic heterocycles. The Balaban J connectivity index is 1.39. The van der Waals surface area contributed by atoms with Gasteiger partial charge in [-0.05, 0) is 25.7 Å². The van der Waals surface area contributed by atoms with E-state index in [1.54, 1.807) is 48.5 Å². The fraction of sp³-hybridized carbons (Fsp3) is 0.792. The summed E-state index contributed by atoms with van der Waals surface area (Å²) < 4.78 is 97.5. The average Bonchev–Trinajstić information content (AvgIpc) is 0.972. The van der Waals surface area contributed by atoms with Gasteiger partial charge in [0.05, 0.1) is 43.1 Å². The molecule has 33 heteroatoms. The SMILES string of the molecule is CC(=O)NC1[C@H](O[C@@H]2C(CO[C@@H]3OC(COC(C)=O)[C@@H](C)[C@H](C)C3OC(C)=O)O[C@@H](OC3[C@@H](O[P+](=O)O)OC(C(N)=O)[C@@](C)(O)[C@@H]3OC(N)=O)C(NC(C)=O)[C@H]2C)OC(C)[C@@H](O[C@@H]2OC(C(=O)NC3=C(O)CCC3=O)[C@H](C)[C@H](C)C2OC(C)=O)[C@@H]1C. The molecule has 32 nitrogen and oxygen atoms in total. The number of carbonyl (C=O) groups excluding carboxylic acids is 9. The van der Waals surface area contributed by atoms with Crippen molar-refractivity contribution in [3.63, 3.8) is 0 Å². The Morgan fingerprint density at radius 3 is 1.67 bits per heavy atom. The van der Waals surface area contributed by atoms with Crippen molar-refractivity contribution in [1.82, 2.24) is 16.0 Å². The summed E-state index contributed by atoms with van der Waals surface area (Å²) in [6.45, 7) is 17.9. The minimum absolute atomic E-state index is 0.0125. The van der Waals surface area contributed by atoms with Gasteiger partial charge in [0.1, 0.15) is 35.9 Å². The number of nitrogens with one attached hydrogen (secondary N) is 3. The van der Waals surface area contributed by atoms with Crippen LogP contribution in [0.4, 0.5) is 4.79 Å². The quantitative estimate of drug-likeness (QED) is 0.0414. The summed E-state index contributed by atoms with van der Waals surface area (Å²) in [5.74, 6) is -10.2. The number of hydrogen-bond acceptors (Lipinski definition) is 26.